The lowest BCUT2D eigenvalue weighted by Crippen LogP contribution is -2.35. The third kappa shape index (κ3) is 5.08. The molecule has 0 spiro atoms. The number of imidazole rings is 1. The molecule has 0 bridgehead atoms. The van der Waals surface area contributed by atoms with Crippen molar-refractivity contribution >= 4 is 17.2 Å². The molecule has 1 fully saturated rings. The molecule has 3 N–H and O–H groups in total. The average Bonchev–Trinajstić information content (AvgIpc) is 3.33. The van der Waals surface area contributed by atoms with Crippen LogP contribution >= 0.6 is 0 Å². The Kier molecular flexibility index (Phi) is 6.67. The van der Waals surface area contributed by atoms with E-state index in [0.717, 1.165) is 43.1 Å². The van der Waals surface area contributed by atoms with Crippen LogP contribution in [0.1, 0.15) is 19.0 Å². The summed E-state index contributed by atoms with van der Waals surface area (Å²) < 4.78 is 1.92. The third-order valence-corrected chi connectivity index (χ3v) is 6.39. The van der Waals surface area contributed by atoms with Gasteiger partial charge < -0.3 is 25.2 Å². The molecule has 3 aromatic heterocycles. The molecule has 1 saturated heterocycles. The van der Waals surface area contributed by atoms with Crippen LogP contribution in [0.5, 0.6) is 5.75 Å². The van der Waals surface area contributed by atoms with Crippen LogP contribution in [-0.2, 0) is 6.54 Å². The van der Waals surface area contributed by atoms with Gasteiger partial charge in [0.1, 0.15) is 11.4 Å². The zero-order valence-corrected chi connectivity index (χ0v) is 20.1. The van der Waals surface area contributed by atoms with Crippen LogP contribution in [0.2, 0.25) is 0 Å². The van der Waals surface area contributed by atoms with Gasteiger partial charge in [0.15, 0.2) is 5.82 Å². The Labute approximate surface area is 210 Å². The number of hydrogen-bond acceptors (Lipinski definition) is 8. The van der Waals surface area contributed by atoms with Gasteiger partial charge in [-0.2, -0.15) is 0 Å². The van der Waals surface area contributed by atoms with Gasteiger partial charge in [-0.25, -0.2) is 9.97 Å². The molecule has 0 aliphatic carbocycles. The largest absolute Gasteiger partial charge is 0.507 e. The Balaban J connectivity index is 1.33. The Bertz CT molecular complexity index is 1390. The van der Waals surface area contributed by atoms with E-state index in [1.165, 1.54) is 0 Å². The van der Waals surface area contributed by atoms with Crippen LogP contribution in [0.25, 0.3) is 11.3 Å². The lowest BCUT2D eigenvalue weighted by molar-refractivity contribution is 0.477. The molecular formula is C27H28N8O. The van der Waals surface area contributed by atoms with E-state index >= 15 is 0 Å². The molecule has 9 heteroatoms. The second-order valence-electron chi connectivity index (χ2n) is 8.77. The first-order valence-corrected chi connectivity index (χ1v) is 11.9. The maximum Gasteiger partial charge on any atom is 0.169 e. The fourth-order valence-corrected chi connectivity index (χ4v) is 4.42. The summed E-state index contributed by atoms with van der Waals surface area (Å²) in [7, 11) is 0. The number of nitrogens with zero attached hydrogens (tertiary/aromatic N) is 7. The molecule has 36 heavy (non-hydrogen) atoms. The summed E-state index contributed by atoms with van der Waals surface area (Å²) in [5.41, 5.74) is 10.2. The van der Waals surface area contributed by atoms with Crippen LogP contribution in [0, 0.1) is 11.8 Å². The fraction of sp³-hybridized carbons (Fsp3) is 0.259. The number of aromatic hydroxyl groups is 1. The standard InChI is InChI=1S/C27H28N8O/c1-20-9-13-34(25-18-24(31-32-27(25)28)23-6-2-3-7-26(23)36)15-16-35(20)22-8-10-30-21(17-22)5-4-12-33-14-11-29-19-33/h2-3,6-8,10-11,14,17-20,36H,9,12-13,15-16H2,1H3,(H2,28,32)/t20-/m0/s1. The minimum Gasteiger partial charge on any atom is -0.507 e. The maximum atomic E-state index is 10.3. The number of phenolic OH excluding ortho intramolecular Hbond substituents is 1. The van der Waals surface area contributed by atoms with Crippen LogP contribution < -0.4 is 15.5 Å². The van der Waals surface area contributed by atoms with E-state index in [0.29, 0.717) is 29.7 Å². The summed E-state index contributed by atoms with van der Waals surface area (Å²) in [6.07, 6.45) is 8.14. The van der Waals surface area contributed by atoms with Gasteiger partial charge in [0.05, 0.1) is 24.3 Å². The molecule has 0 amide bonds. The predicted molar refractivity (Wildman–Crippen MR) is 141 cm³/mol. The minimum atomic E-state index is 0.166. The van der Waals surface area contributed by atoms with Crippen LogP contribution in [-0.4, -0.2) is 55.5 Å². The summed E-state index contributed by atoms with van der Waals surface area (Å²) in [4.78, 5) is 13.1. The fourth-order valence-electron chi connectivity index (χ4n) is 4.42. The molecule has 1 aromatic carbocycles. The van der Waals surface area contributed by atoms with Crippen LogP contribution in [0.15, 0.2) is 67.4 Å². The van der Waals surface area contributed by atoms with Gasteiger partial charge in [-0.1, -0.05) is 18.1 Å². The molecule has 4 aromatic rings. The molecule has 0 unspecified atom stereocenters. The van der Waals surface area contributed by atoms with Gasteiger partial charge in [0.2, 0.25) is 0 Å². The SMILES string of the molecule is C[C@H]1CCN(c2cc(-c3ccccc3O)nnc2N)CCN1c1ccnc(C#CCn2ccnc2)c1. The van der Waals surface area contributed by atoms with E-state index in [-0.39, 0.29) is 5.75 Å². The van der Waals surface area contributed by atoms with E-state index in [2.05, 4.69) is 48.7 Å². The van der Waals surface area contributed by atoms with Gasteiger partial charge in [0.25, 0.3) is 0 Å². The average molecular weight is 481 g/mol. The van der Waals surface area contributed by atoms with Crippen molar-refractivity contribution in [3.05, 3.63) is 73.1 Å². The second kappa shape index (κ2) is 10.4. The third-order valence-electron chi connectivity index (χ3n) is 6.39. The number of pyridine rings is 1. The molecule has 9 nitrogen and oxygen atoms in total. The highest BCUT2D eigenvalue weighted by molar-refractivity contribution is 5.74. The van der Waals surface area contributed by atoms with Crippen molar-refractivity contribution in [3.63, 3.8) is 0 Å². The maximum absolute atomic E-state index is 10.3. The quantitative estimate of drug-likeness (QED) is 0.429. The first-order valence-electron chi connectivity index (χ1n) is 11.9. The smallest absolute Gasteiger partial charge is 0.169 e. The molecule has 182 valence electrons. The number of rotatable bonds is 4. The first-order chi connectivity index (χ1) is 17.6. The van der Waals surface area contributed by atoms with Crippen LogP contribution in [0.3, 0.4) is 0 Å². The predicted octanol–water partition coefficient (Wildman–Crippen LogP) is 3.18. The first kappa shape index (κ1) is 23.2. The number of aromatic nitrogens is 5. The molecule has 1 aliphatic rings. The summed E-state index contributed by atoms with van der Waals surface area (Å²) in [6, 6.07) is 13.4. The van der Waals surface area contributed by atoms with E-state index in [4.69, 9.17) is 5.73 Å². The molecular weight excluding hydrogens is 452 g/mol. The van der Waals surface area contributed by atoms with Gasteiger partial charge in [-0.05, 0) is 49.6 Å². The van der Waals surface area contributed by atoms with Crippen molar-refractivity contribution in [2.24, 2.45) is 0 Å². The van der Waals surface area contributed by atoms with E-state index in [1.54, 1.807) is 24.7 Å². The van der Waals surface area contributed by atoms with Crippen molar-refractivity contribution in [1.82, 2.24) is 24.7 Å². The monoisotopic (exact) mass is 480 g/mol. The number of nitrogen functional groups attached to an aromatic ring is 1. The van der Waals surface area contributed by atoms with Gasteiger partial charge >= 0.3 is 0 Å². The molecule has 0 saturated carbocycles. The molecule has 5 rings (SSSR count). The highest BCUT2D eigenvalue weighted by Gasteiger charge is 2.24. The normalized spacial score (nSPS) is 15.8. The zero-order chi connectivity index (χ0) is 24.9. The molecule has 1 atom stereocenters. The highest BCUT2D eigenvalue weighted by atomic mass is 16.3. The van der Waals surface area contributed by atoms with Crippen LogP contribution in [0.4, 0.5) is 17.2 Å². The van der Waals surface area contributed by atoms with Gasteiger partial charge in [-0.3, -0.25) is 0 Å². The summed E-state index contributed by atoms with van der Waals surface area (Å²) in [6.45, 7) is 5.21. The van der Waals surface area contributed by atoms with Gasteiger partial charge in [-0.15, -0.1) is 10.2 Å². The van der Waals surface area contributed by atoms with E-state index in [1.807, 2.05) is 47.3 Å². The van der Waals surface area contributed by atoms with E-state index < -0.39 is 0 Å². The Morgan fingerprint density at radius 3 is 2.81 bits per heavy atom. The summed E-state index contributed by atoms with van der Waals surface area (Å²) in [5, 5.41) is 18.7. The Morgan fingerprint density at radius 1 is 1.08 bits per heavy atom. The van der Waals surface area contributed by atoms with Crippen molar-refractivity contribution in [2.75, 3.05) is 35.2 Å². The molecule has 4 heterocycles. The second-order valence-corrected chi connectivity index (χ2v) is 8.77. The number of hydrogen-bond donors (Lipinski definition) is 2. The summed E-state index contributed by atoms with van der Waals surface area (Å²) >= 11 is 0. The van der Waals surface area contributed by atoms with E-state index in [9.17, 15) is 5.11 Å². The Hall–Kier alpha value is -4.58. The van der Waals surface area contributed by atoms with Crippen molar-refractivity contribution in [1.29, 1.82) is 0 Å². The highest BCUT2D eigenvalue weighted by Crippen LogP contribution is 2.32. The molecule has 1 aliphatic heterocycles. The number of benzene rings is 1. The number of phenols is 1. The zero-order valence-electron chi connectivity index (χ0n) is 20.1. The minimum absolute atomic E-state index is 0.166. The van der Waals surface area contributed by atoms with Gasteiger partial charge in [0, 0.05) is 55.5 Å². The lowest BCUT2D eigenvalue weighted by atomic mass is 10.1. The van der Waals surface area contributed by atoms with Crippen molar-refractivity contribution in [2.45, 2.75) is 25.9 Å². The van der Waals surface area contributed by atoms with Crippen molar-refractivity contribution in [3.8, 4) is 28.8 Å². The number of para-hydroxylation sites is 1. The number of nitrogens with two attached hydrogens (primary N) is 1. The Morgan fingerprint density at radius 2 is 1.97 bits per heavy atom. The van der Waals surface area contributed by atoms with Crippen molar-refractivity contribution < 1.29 is 5.11 Å². The number of anilines is 3. The summed E-state index contributed by atoms with van der Waals surface area (Å²) in [5.74, 6) is 6.87. The molecule has 0 radical (unpaired) electrons. The lowest BCUT2D eigenvalue weighted by Gasteiger charge is -2.29. The topological polar surface area (TPSA) is 109 Å².